The number of carbonyl (C=O) groups is 11. The van der Waals surface area contributed by atoms with Gasteiger partial charge in [0.2, 0.25) is 59.1 Å². The average Bonchev–Trinajstić information content (AvgIpc) is 3.25. The van der Waals surface area contributed by atoms with E-state index in [0.717, 1.165) is 0 Å². The maximum absolute atomic E-state index is 14.9. The summed E-state index contributed by atoms with van der Waals surface area (Å²) >= 11 is 0. The van der Waals surface area contributed by atoms with E-state index in [-0.39, 0.29) is 88.8 Å². The minimum absolute atomic E-state index is 0.0107. The quantitative estimate of drug-likeness (QED) is 0.0545. The number of benzene rings is 2. The van der Waals surface area contributed by atoms with Crippen molar-refractivity contribution in [3.63, 3.8) is 0 Å². The third kappa shape index (κ3) is 20.3. The number of amides is 10. The number of aliphatic hydroxyl groups excluding tert-OH is 1. The number of aliphatic hydroxyl groups is 1. The van der Waals surface area contributed by atoms with Crippen molar-refractivity contribution in [1.82, 2.24) is 52.3 Å². The van der Waals surface area contributed by atoms with Crippen molar-refractivity contribution in [1.29, 1.82) is 0 Å². The number of nitrogens with zero attached hydrogens (tertiary/aromatic N) is 3. The molecule has 10 amide bonds. The summed E-state index contributed by atoms with van der Waals surface area (Å²) in [5.41, 5.74) is 12.4. The monoisotopic (exact) mass is 1190 g/mol. The molecule has 0 saturated carbocycles. The average molecular weight is 1190 g/mol. The molecule has 0 bridgehead atoms. The summed E-state index contributed by atoms with van der Waals surface area (Å²) in [6.45, 7) is 11.8. The number of nitrogens with one attached hydrogen (secondary N) is 8. The summed E-state index contributed by atoms with van der Waals surface area (Å²) in [6, 6.07) is 3.34. The highest BCUT2D eigenvalue weighted by atomic mass is 16.4. The van der Waals surface area contributed by atoms with Gasteiger partial charge in [-0.2, -0.15) is 0 Å². The van der Waals surface area contributed by atoms with E-state index in [0.29, 0.717) is 24.0 Å². The number of guanidine groups is 1. The predicted octanol–water partition coefficient (Wildman–Crippen LogP) is -0.997. The Morgan fingerprint density at radius 1 is 0.529 bits per heavy atom. The molecule has 0 spiro atoms. The SMILES string of the molecule is CC(C)C[C@@H]1NC(=O)[C@H](CCCN=C(N)N)NC(=O)[C@H](CC(=O)O)NC(=O)[C@H](C(C)C)NC(=O)[C@@H]2CCCN2C(=O)[C@@H](Cc2ccccc2)NC(=O)[C@H](CC(C)C)NC(=O)[C@H]([C@@H](C)O)NC(=O)[C@@H]2CCCN2C(=O)[C@@H](Cc2ccccc2)NC1=O. The lowest BCUT2D eigenvalue weighted by Gasteiger charge is -2.33. The van der Waals surface area contributed by atoms with E-state index in [2.05, 4.69) is 47.5 Å². The Kier molecular flexibility index (Phi) is 25.6. The fourth-order valence-electron chi connectivity index (χ4n) is 10.7. The van der Waals surface area contributed by atoms with Crippen LogP contribution in [0, 0.1) is 17.8 Å². The highest BCUT2D eigenvalue weighted by Crippen LogP contribution is 2.23. The summed E-state index contributed by atoms with van der Waals surface area (Å²) in [6.07, 6.45) is -1.73. The first-order valence-electron chi connectivity index (χ1n) is 29.3. The first kappa shape index (κ1) is 67.6. The Bertz CT molecular complexity index is 2710. The molecule has 26 heteroatoms. The minimum atomic E-state index is -1.83. The fourth-order valence-corrected chi connectivity index (χ4v) is 10.7. The number of hydrogen-bond donors (Lipinski definition) is 12. The molecule has 0 aliphatic carbocycles. The molecule has 26 nitrogen and oxygen atoms in total. The molecule has 11 atom stereocenters. The van der Waals surface area contributed by atoms with E-state index in [4.69, 9.17) is 11.5 Å². The number of aliphatic imine (C=N–C) groups is 1. The Labute approximate surface area is 495 Å². The van der Waals surface area contributed by atoms with Gasteiger partial charge in [-0.05, 0) is 87.2 Å². The van der Waals surface area contributed by atoms with Gasteiger partial charge in [-0.25, -0.2) is 0 Å². The second-order valence-corrected chi connectivity index (χ2v) is 23.4. The van der Waals surface area contributed by atoms with Crippen LogP contribution in [0.25, 0.3) is 0 Å². The molecule has 3 saturated heterocycles. The van der Waals surface area contributed by atoms with Crippen LogP contribution in [0.15, 0.2) is 65.7 Å². The molecule has 2 aromatic rings. The number of fused-ring (bicyclic) bond motifs is 2. The number of carboxylic acid groups (broad SMARTS) is 1. The van der Waals surface area contributed by atoms with Crippen LogP contribution in [-0.4, -0.2) is 177 Å². The van der Waals surface area contributed by atoms with Crippen LogP contribution in [0.2, 0.25) is 0 Å². The Hall–Kier alpha value is -8.16. The maximum atomic E-state index is 14.9. The van der Waals surface area contributed by atoms with Crippen molar-refractivity contribution in [3.05, 3.63) is 71.8 Å². The van der Waals surface area contributed by atoms with Crippen molar-refractivity contribution >= 4 is 71.0 Å². The molecule has 3 fully saturated rings. The Morgan fingerprint density at radius 2 is 0.918 bits per heavy atom. The molecule has 0 unspecified atom stereocenters. The summed E-state index contributed by atoms with van der Waals surface area (Å²) < 4.78 is 0. The highest BCUT2D eigenvalue weighted by molar-refractivity contribution is 6.00. The standard InChI is InChI=1S/C59H87N13O13/c1-32(2)27-39-50(77)67-42(29-36-17-10-8-11-18-36)58(85)72-26-16-23-45(72)54(81)70-48(35(7)73)56(83)65-40(28-33(3)4)51(78)68-43(30-37-19-12-9-13-20-37)57(84)71-25-15-22-44(71)53(80)69-47(34(5)6)55(82)66-41(31-46(74)75)52(79)63-38(49(76)64-39)21-14-24-62-59(60)61/h8-13,17-20,32-35,38-45,47-48,73H,14-16,21-31H2,1-7H3,(H,63,79)(H,64,76)(H,65,83)(H,66,82)(H,67,77)(H,68,78)(H,69,80)(H,70,81)(H,74,75)(H4,60,61,62)/t35-,38+,39+,40+,41+,42-,43-,44+,45+,47+,48+/m1/s1. The van der Waals surface area contributed by atoms with Gasteiger partial charge in [-0.15, -0.1) is 0 Å². The normalized spacial score (nSPS) is 26.2. The topological polar surface area (TPSA) is 395 Å². The number of rotatable bonds is 16. The number of hydrogen-bond acceptors (Lipinski definition) is 13. The minimum Gasteiger partial charge on any atom is -0.481 e. The molecule has 0 radical (unpaired) electrons. The summed E-state index contributed by atoms with van der Waals surface area (Å²) in [4.78, 5) is 164. The Balaban J connectivity index is 1.61. The third-order valence-corrected chi connectivity index (χ3v) is 15.1. The zero-order chi connectivity index (χ0) is 62.7. The predicted molar refractivity (Wildman–Crippen MR) is 313 cm³/mol. The van der Waals surface area contributed by atoms with Crippen LogP contribution in [0.3, 0.4) is 0 Å². The molecule has 3 heterocycles. The second kappa shape index (κ2) is 32.2. The van der Waals surface area contributed by atoms with Gasteiger partial charge in [-0.1, -0.05) is 102 Å². The van der Waals surface area contributed by atoms with Crippen molar-refractivity contribution < 1.29 is 63.0 Å². The smallest absolute Gasteiger partial charge is 0.305 e. The molecule has 85 heavy (non-hydrogen) atoms. The van der Waals surface area contributed by atoms with Gasteiger partial charge in [0.15, 0.2) is 5.96 Å². The fraction of sp³-hybridized carbons (Fsp3) is 0.593. The molecular weight excluding hydrogens is 1100 g/mol. The highest BCUT2D eigenvalue weighted by Gasteiger charge is 2.44. The van der Waals surface area contributed by atoms with Crippen LogP contribution in [-0.2, 0) is 65.6 Å². The summed E-state index contributed by atoms with van der Waals surface area (Å²) in [5, 5.41) is 42.4. The van der Waals surface area contributed by atoms with E-state index in [1.165, 1.54) is 16.7 Å². The van der Waals surface area contributed by atoms with Gasteiger partial charge in [0.05, 0.1) is 12.5 Å². The van der Waals surface area contributed by atoms with Gasteiger partial charge in [0, 0.05) is 32.5 Å². The number of nitrogens with two attached hydrogens (primary N) is 2. The molecule has 2 aromatic carbocycles. The summed E-state index contributed by atoms with van der Waals surface area (Å²) in [5.74, 6) is -11.3. The van der Waals surface area contributed by atoms with Gasteiger partial charge in [0.25, 0.3) is 0 Å². The molecule has 466 valence electrons. The zero-order valence-electron chi connectivity index (χ0n) is 49.6. The first-order valence-corrected chi connectivity index (χ1v) is 29.3. The largest absolute Gasteiger partial charge is 0.481 e. The van der Waals surface area contributed by atoms with Crippen LogP contribution >= 0.6 is 0 Å². The first-order chi connectivity index (χ1) is 40.2. The van der Waals surface area contributed by atoms with E-state index in [1.807, 2.05) is 0 Å². The molecule has 3 aliphatic heterocycles. The van der Waals surface area contributed by atoms with Crippen molar-refractivity contribution in [3.8, 4) is 0 Å². The van der Waals surface area contributed by atoms with Crippen LogP contribution < -0.4 is 54.0 Å². The van der Waals surface area contributed by atoms with Gasteiger partial charge < -0.3 is 74.0 Å². The molecular formula is C59H87N13O13. The molecule has 14 N–H and O–H groups in total. The van der Waals surface area contributed by atoms with Gasteiger partial charge in [0.1, 0.15) is 60.4 Å². The molecule has 5 rings (SSSR count). The van der Waals surface area contributed by atoms with E-state index in [9.17, 15) is 63.0 Å². The van der Waals surface area contributed by atoms with Crippen molar-refractivity contribution in [2.75, 3.05) is 19.6 Å². The number of aliphatic carboxylic acids is 1. The number of carboxylic acids is 1. The van der Waals surface area contributed by atoms with Crippen LogP contribution in [0.1, 0.15) is 117 Å². The Morgan fingerprint density at radius 3 is 1.34 bits per heavy atom. The van der Waals surface area contributed by atoms with Gasteiger partial charge in [-0.3, -0.25) is 57.7 Å². The molecule has 0 aromatic heterocycles. The van der Waals surface area contributed by atoms with Crippen LogP contribution in [0.4, 0.5) is 0 Å². The van der Waals surface area contributed by atoms with E-state index < -0.39 is 144 Å². The van der Waals surface area contributed by atoms with Crippen LogP contribution in [0.5, 0.6) is 0 Å². The van der Waals surface area contributed by atoms with Crippen molar-refractivity contribution in [2.24, 2.45) is 34.2 Å². The lowest BCUT2D eigenvalue weighted by molar-refractivity contribution is -0.144. The lowest BCUT2D eigenvalue weighted by Crippen LogP contribution is -2.62. The second-order valence-electron chi connectivity index (χ2n) is 23.4. The number of carbonyl (C=O) groups excluding carboxylic acids is 10. The third-order valence-electron chi connectivity index (χ3n) is 15.1. The van der Waals surface area contributed by atoms with E-state index in [1.54, 1.807) is 102 Å². The summed E-state index contributed by atoms with van der Waals surface area (Å²) in [7, 11) is 0. The van der Waals surface area contributed by atoms with Gasteiger partial charge >= 0.3 is 5.97 Å². The lowest BCUT2D eigenvalue weighted by atomic mass is 9.99. The maximum Gasteiger partial charge on any atom is 0.305 e. The van der Waals surface area contributed by atoms with E-state index >= 15 is 0 Å². The molecule has 3 aliphatic rings. The zero-order valence-corrected chi connectivity index (χ0v) is 49.6. The van der Waals surface area contributed by atoms with Crippen molar-refractivity contribution in [2.45, 2.75) is 186 Å².